The SMILES string of the molecule is O=S(=O)(N[C@@H]1CO[C@H](COCc2ccccc2)[C@H](OCc2ccccc2)[C@@H]1OCc1ccccc1)C(F)(F)F. The molecule has 0 unspecified atom stereocenters. The molecule has 1 saturated heterocycles. The van der Waals surface area contributed by atoms with E-state index in [1.165, 1.54) is 0 Å². The van der Waals surface area contributed by atoms with E-state index in [0.29, 0.717) is 0 Å². The molecule has 4 atom stereocenters. The Labute approximate surface area is 225 Å². The highest BCUT2D eigenvalue weighted by Crippen LogP contribution is 2.28. The largest absolute Gasteiger partial charge is 0.511 e. The highest BCUT2D eigenvalue weighted by Gasteiger charge is 2.51. The van der Waals surface area contributed by atoms with Gasteiger partial charge in [0.25, 0.3) is 0 Å². The molecule has 1 aliphatic rings. The molecule has 7 nitrogen and oxygen atoms in total. The number of nitrogens with one attached hydrogen (secondary N) is 1. The summed E-state index contributed by atoms with van der Waals surface area (Å²) in [5.41, 5.74) is -2.98. The minimum Gasteiger partial charge on any atom is -0.374 e. The zero-order valence-corrected chi connectivity index (χ0v) is 21.8. The van der Waals surface area contributed by atoms with E-state index in [4.69, 9.17) is 18.9 Å². The van der Waals surface area contributed by atoms with Crippen molar-refractivity contribution < 1.29 is 40.5 Å². The fourth-order valence-corrected chi connectivity index (χ4v) is 4.92. The number of benzene rings is 3. The number of halogens is 3. The van der Waals surface area contributed by atoms with Crippen molar-refractivity contribution in [2.24, 2.45) is 0 Å². The molecule has 0 aliphatic carbocycles. The molecule has 0 bridgehead atoms. The van der Waals surface area contributed by atoms with Crippen LogP contribution in [0.4, 0.5) is 13.2 Å². The van der Waals surface area contributed by atoms with Crippen molar-refractivity contribution in [3.8, 4) is 0 Å². The van der Waals surface area contributed by atoms with Crippen molar-refractivity contribution in [2.75, 3.05) is 13.2 Å². The summed E-state index contributed by atoms with van der Waals surface area (Å²) in [6, 6.07) is 26.3. The molecule has 0 radical (unpaired) electrons. The minimum atomic E-state index is -5.67. The van der Waals surface area contributed by atoms with Crippen LogP contribution in [0.2, 0.25) is 0 Å². The highest BCUT2D eigenvalue weighted by molar-refractivity contribution is 7.90. The summed E-state index contributed by atoms with van der Waals surface area (Å²) in [6.45, 7) is 0.107. The van der Waals surface area contributed by atoms with Crippen molar-refractivity contribution in [2.45, 2.75) is 49.7 Å². The molecular weight excluding hydrogens is 535 g/mol. The maximum atomic E-state index is 13.3. The molecule has 1 N–H and O–H groups in total. The van der Waals surface area contributed by atoms with E-state index in [9.17, 15) is 21.6 Å². The van der Waals surface area contributed by atoms with Crippen LogP contribution in [0.25, 0.3) is 0 Å². The van der Waals surface area contributed by atoms with Gasteiger partial charge in [0.05, 0.1) is 39.1 Å². The first-order valence-corrected chi connectivity index (χ1v) is 13.8. The lowest BCUT2D eigenvalue weighted by molar-refractivity contribution is -0.206. The van der Waals surface area contributed by atoms with Crippen molar-refractivity contribution >= 4 is 10.0 Å². The van der Waals surface area contributed by atoms with Crippen LogP contribution in [0.1, 0.15) is 16.7 Å². The van der Waals surface area contributed by atoms with Gasteiger partial charge in [-0.05, 0) is 16.7 Å². The molecular formula is C28H30F3NO6S. The molecule has 0 aromatic heterocycles. The standard InChI is InChI=1S/C28H30F3NO6S/c29-28(30,31)39(33,34)32-24-19-36-25(20-35-16-21-10-4-1-5-11-21)27(38-18-23-14-8-3-9-15-23)26(24)37-17-22-12-6-2-7-13-22/h1-15,24-27,32H,16-20H2/t24-,25-,26-,27+/m1/s1. The van der Waals surface area contributed by atoms with E-state index in [-0.39, 0.29) is 33.0 Å². The molecule has 39 heavy (non-hydrogen) atoms. The van der Waals surface area contributed by atoms with Gasteiger partial charge in [-0.25, -0.2) is 8.42 Å². The lowest BCUT2D eigenvalue weighted by Crippen LogP contribution is -2.62. The Morgan fingerprint density at radius 1 is 0.744 bits per heavy atom. The fourth-order valence-electron chi connectivity index (χ4n) is 4.18. The molecule has 3 aromatic rings. The first kappa shape index (κ1) is 29.2. The van der Waals surface area contributed by atoms with Crippen LogP contribution in [-0.4, -0.2) is 51.5 Å². The molecule has 1 heterocycles. The number of hydrogen-bond acceptors (Lipinski definition) is 6. The topological polar surface area (TPSA) is 83.1 Å². The van der Waals surface area contributed by atoms with Crippen LogP contribution in [0.5, 0.6) is 0 Å². The second kappa shape index (κ2) is 13.5. The minimum absolute atomic E-state index is 0.0263. The highest BCUT2D eigenvalue weighted by atomic mass is 32.2. The van der Waals surface area contributed by atoms with Gasteiger partial charge in [0.1, 0.15) is 18.3 Å². The Morgan fingerprint density at radius 3 is 1.69 bits per heavy atom. The molecule has 3 aromatic carbocycles. The number of sulfonamides is 1. The normalized spacial score (nSPS) is 22.0. The van der Waals surface area contributed by atoms with Crippen molar-refractivity contribution in [1.82, 2.24) is 4.72 Å². The Bertz CT molecular complexity index is 1250. The molecule has 0 spiro atoms. The van der Waals surface area contributed by atoms with E-state index in [1.807, 2.05) is 66.7 Å². The van der Waals surface area contributed by atoms with Gasteiger partial charge >= 0.3 is 15.5 Å². The second-order valence-corrected chi connectivity index (χ2v) is 10.8. The summed E-state index contributed by atoms with van der Waals surface area (Å²) < 4.78 is 89.5. The zero-order chi connectivity index (χ0) is 27.7. The molecule has 4 rings (SSSR count). The number of hydrogen-bond donors (Lipinski definition) is 1. The van der Waals surface area contributed by atoms with Crippen LogP contribution in [-0.2, 0) is 48.8 Å². The second-order valence-electron chi connectivity index (χ2n) is 9.07. The first-order chi connectivity index (χ1) is 18.7. The van der Waals surface area contributed by atoms with Gasteiger partial charge in [-0.15, -0.1) is 0 Å². The van der Waals surface area contributed by atoms with E-state index in [1.54, 1.807) is 29.0 Å². The van der Waals surface area contributed by atoms with Gasteiger partial charge in [-0.1, -0.05) is 91.0 Å². The smallest absolute Gasteiger partial charge is 0.374 e. The van der Waals surface area contributed by atoms with E-state index < -0.39 is 39.9 Å². The Kier molecular flexibility index (Phi) is 10.1. The lowest BCUT2D eigenvalue weighted by atomic mass is 9.98. The van der Waals surface area contributed by atoms with Crippen LogP contribution in [0.15, 0.2) is 91.0 Å². The van der Waals surface area contributed by atoms with Crippen molar-refractivity contribution in [1.29, 1.82) is 0 Å². The third-order valence-electron chi connectivity index (χ3n) is 6.15. The van der Waals surface area contributed by atoms with E-state index in [0.717, 1.165) is 16.7 Å². The number of alkyl halides is 3. The van der Waals surface area contributed by atoms with E-state index >= 15 is 0 Å². The summed E-state index contributed by atoms with van der Waals surface area (Å²) in [6.07, 6.45) is -2.78. The number of rotatable bonds is 12. The average molecular weight is 566 g/mol. The van der Waals surface area contributed by atoms with Crippen LogP contribution in [0, 0.1) is 0 Å². The first-order valence-electron chi connectivity index (χ1n) is 12.4. The Balaban J connectivity index is 1.56. The monoisotopic (exact) mass is 565 g/mol. The van der Waals surface area contributed by atoms with Gasteiger partial charge in [0.2, 0.25) is 0 Å². The van der Waals surface area contributed by atoms with Gasteiger partial charge in [0.15, 0.2) is 0 Å². The van der Waals surface area contributed by atoms with Crippen LogP contribution < -0.4 is 4.72 Å². The van der Waals surface area contributed by atoms with Crippen molar-refractivity contribution in [3.63, 3.8) is 0 Å². The van der Waals surface area contributed by atoms with Crippen LogP contribution in [0.3, 0.4) is 0 Å². The fraction of sp³-hybridized carbons (Fsp3) is 0.357. The molecule has 11 heteroatoms. The van der Waals surface area contributed by atoms with Crippen molar-refractivity contribution in [3.05, 3.63) is 108 Å². The third-order valence-corrected chi connectivity index (χ3v) is 7.37. The molecule has 1 aliphatic heterocycles. The van der Waals surface area contributed by atoms with E-state index in [2.05, 4.69) is 0 Å². The summed E-state index contributed by atoms with van der Waals surface area (Å²) in [7, 11) is -5.67. The maximum Gasteiger partial charge on any atom is 0.511 e. The van der Waals surface area contributed by atoms with Crippen LogP contribution >= 0.6 is 0 Å². The molecule has 210 valence electrons. The molecule has 1 fully saturated rings. The Morgan fingerprint density at radius 2 is 1.21 bits per heavy atom. The average Bonchev–Trinajstić information content (AvgIpc) is 2.93. The summed E-state index contributed by atoms with van der Waals surface area (Å²) >= 11 is 0. The lowest BCUT2D eigenvalue weighted by Gasteiger charge is -2.42. The van der Waals surface area contributed by atoms with Gasteiger partial charge < -0.3 is 18.9 Å². The maximum absolute atomic E-state index is 13.3. The molecule has 0 amide bonds. The predicted molar refractivity (Wildman–Crippen MR) is 138 cm³/mol. The summed E-state index contributed by atoms with van der Waals surface area (Å²) in [5.74, 6) is 0. The summed E-state index contributed by atoms with van der Waals surface area (Å²) in [5, 5.41) is 0. The van der Waals surface area contributed by atoms with Gasteiger partial charge in [-0.2, -0.15) is 17.9 Å². The zero-order valence-electron chi connectivity index (χ0n) is 21.0. The predicted octanol–water partition coefficient (Wildman–Crippen LogP) is 4.58. The van der Waals surface area contributed by atoms with Gasteiger partial charge in [0, 0.05) is 0 Å². The molecule has 0 saturated carbocycles. The Hall–Kier alpha value is -2.80. The third kappa shape index (κ3) is 8.34. The van der Waals surface area contributed by atoms with Gasteiger partial charge in [-0.3, -0.25) is 0 Å². The summed E-state index contributed by atoms with van der Waals surface area (Å²) in [4.78, 5) is 0. The quantitative estimate of drug-likeness (QED) is 0.346. The number of ether oxygens (including phenoxy) is 4.